The Hall–Kier alpha value is -2.13. The van der Waals surface area contributed by atoms with Crippen molar-refractivity contribution in [3.8, 4) is 0 Å². The molecule has 0 fully saturated rings. The summed E-state index contributed by atoms with van der Waals surface area (Å²) >= 11 is 7.20. The predicted octanol–water partition coefficient (Wildman–Crippen LogP) is 4.30. The molecular formula is C21H29ClN4O3S. The fourth-order valence-electron chi connectivity index (χ4n) is 3.26. The van der Waals surface area contributed by atoms with E-state index in [-0.39, 0.29) is 0 Å². The molecule has 5 N–H and O–H groups in total. The number of likely N-dealkylation sites (N-methyl/N-ethyl adjacent to an activating group) is 1. The maximum Gasteiger partial charge on any atom is 0.324 e. The molecule has 30 heavy (non-hydrogen) atoms. The number of thiophene rings is 1. The monoisotopic (exact) mass is 452 g/mol. The zero-order valence-corrected chi connectivity index (χ0v) is 19.3. The van der Waals surface area contributed by atoms with Crippen molar-refractivity contribution >= 4 is 45.6 Å². The average Bonchev–Trinajstić information content (AvgIpc) is 2.92. The van der Waals surface area contributed by atoms with E-state index in [2.05, 4.69) is 10.6 Å². The molecule has 2 rings (SSSR count). The number of aliphatic hydroxyl groups is 1. The van der Waals surface area contributed by atoms with Gasteiger partial charge in [-0.15, -0.1) is 11.3 Å². The molecule has 0 saturated carbocycles. The minimum absolute atomic E-state index is 0.347. The number of anilines is 2. The first-order valence-electron chi connectivity index (χ1n) is 9.69. The van der Waals surface area contributed by atoms with Crippen LogP contribution in [-0.2, 0) is 13.0 Å². The van der Waals surface area contributed by atoms with E-state index in [0.717, 1.165) is 16.9 Å². The highest BCUT2D eigenvalue weighted by atomic mass is 35.5. The number of rotatable bonds is 9. The molecule has 0 aliphatic rings. The van der Waals surface area contributed by atoms with Crippen molar-refractivity contribution in [2.45, 2.75) is 45.8 Å². The largest absolute Gasteiger partial charge is 0.389 e. The van der Waals surface area contributed by atoms with Crippen LogP contribution in [0.4, 0.5) is 15.5 Å². The third-order valence-electron chi connectivity index (χ3n) is 4.24. The normalized spacial score (nSPS) is 11.6. The van der Waals surface area contributed by atoms with Gasteiger partial charge in [0.1, 0.15) is 5.00 Å². The summed E-state index contributed by atoms with van der Waals surface area (Å²) in [7, 11) is 1.90. The summed E-state index contributed by atoms with van der Waals surface area (Å²) in [6.45, 7) is 6.50. The van der Waals surface area contributed by atoms with Gasteiger partial charge in [0.15, 0.2) is 0 Å². The van der Waals surface area contributed by atoms with Gasteiger partial charge in [-0.2, -0.15) is 0 Å². The lowest BCUT2D eigenvalue weighted by molar-refractivity contribution is 0.0426. The first-order chi connectivity index (χ1) is 14.0. The number of benzene rings is 1. The van der Waals surface area contributed by atoms with E-state index in [0.29, 0.717) is 40.8 Å². The highest BCUT2D eigenvalue weighted by Crippen LogP contribution is 2.35. The van der Waals surface area contributed by atoms with Crippen molar-refractivity contribution in [1.82, 2.24) is 4.90 Å². The van der Waals surface area contributed by atoms with E-state index < -0.39 is 17.5 Å². The van der Waals surface area contributed by atoms with Crippen LogP contribution in [0.25, 0.3) is 0 Å². The lowest BCUT2D eigenvalue weighted by atomic mass is 10.0. The third-order valence-corrected chi connectivity index (χ3v) is 5.62. The van der Waals surface area contributed by atoms with Crippen LogP contribution >= 0.6 is 22.9 Å². The van der Waals surface area contributed by atoms with Gasteiger partial charge < -0.3 is 16.2 Å². The number of hydrogen-bond acceptors (Lipinski definition) is 5. The quantitative estimate of drug-likeness (QED) is 0.454. The minimum Gasteiger partial charge on any atom is -0.389 e. The molecule has 0 unspecified atom stereocenters. The lowest BCUT2D eigenvalue weighted by Crippen LogP contribution is -2.35. The number of nitrogens with two attached hydrogens (primary N) is 1. The molecule has 0 bridgehead atoms. The van der Waals surface area contributed by atoms with Gasteiger partial charge in [-0.1, -0.05) is 24.9 Å². The van der Waals surface area contributed by atoms with E-state index in [1.165, 1.54) is 11.3 Å². The third kappa shape index (κ3) is 6.98. The second-order valence-electron chi connectivity index (χ2n) is 7.89. The molecular weight excluding hydrogens is 424 g/mol. The Morgan fingerprint density at radius 1 is 1.23 bits per heavy atom. The first kappa shape index (κ1) is 24.1. The number of carbonyl (C=O) groups excluding carboxylic acids is 2. The number of urea groups is 1. The Labute approximate surface area is 186 Å². The van der Waals surface area contributed by atoms with Crippen molar-refractivity contribution in [2.24, 2.45) is 5.73 Å². The molecule has 9 heteroatoms. The maximum absolute atomic E-state index is 12.5. The number of carbonyl (C=O) groups is 2. The summed E-state index contributed by atoms with van der Waals surface area (Å²) in [4.78, 5) is 27.6. The average molecular weight is 453 g/mol. The Bertz CT molecular complexity index is 891. The molecule has 1 heterocycles. The molecule has 0 aliphatic carbocycles. The number of halogens is 1. The Kier molecular flexibility index (Phi) is 8.25. The van der Waals surface area contributed by atoms with Crippen LogP contribution in [0.2, 0.25) is 5.02 Å². The molecule has 1 aromatic carbocycles. The topological polar surface area (TPSA) is 108 Å². The fourth-order valence-corrected chi connectivity index (χ4v) is 4.72. The van der Waals surface area contributed by atoms with Crippen molar-refractivity contribution < 1.29 is 14.7 Å². The van der Waals surface area contributed by atoms with Gasteiger partial charge in [-0.05, 0) is 57.1 Å². The zero-order valence-electron chi connectivity index (χ0n) is 17.7. The van der Waals surface area contributed by atoms with E-state index in [1.54, 1.807) is 38.1 Å². The van der Waals surface area contributed by atoms with E-state index in [1.807, 2.05) is 18.9 Å². The van der Waals surface area contributed by atoms with Crippen LogP contribution in [0, 0.1) is 0 Å². The molecule has 3 amide bonds. The first-order valence-corrected chi connectivity index (χ1v) is 10.9. The molecule has 0 radical (unpaired) electrons. The highest BCUT2D eigenvalue weighted by Gasteiger charge is 2.25. The summed E-state index contributed by atoms with van der Waals surface area (Å²) < 4.78 is 0. The van der Waals surface area contributed by atoms with E-state index in [4.69, 9.17) is 17.3 Å². The van der Waals surface area contributed by atoms with Crippen molar-refractivity contribution in [3.05, 3.63) is 45.3 Å². The lowest BCUT2D eigenvalue weighted by Gasteiger charge is -2.25. The molecule has 2 aromatic rings. The summed E-state index contributed by atoms with van der Waals surface area (Å²) in [5, 5.41) is 16.5. The van der Waals surface area contributed by atoms with E-state index >= 15 is 0 Å². The summed E-state index contributed by atoms with van der Waals surface area (Å²) in [6.07, 6.45) is 1.50. The molecule has 1 aromatic heterocycles. The van der Waals surface area contributed by atoms with Crippen molar-refractivity contribution in [1.29, 1.82) is 0 Å². The maximum atomic E-state index is 12.5. The molecule has 0 aliphatic heterocycles. The summed E-state index contributed by atoms with van der Waals surface area (Å²) in [6, 6.07) is 6.25. The fraction of sp³-hybridized carbons (Fsp3) is 0.429. The van der Waals surface area contributed by atoms with Gasteiger partial charge >= 0.3 is 6.03 Å². The molecule has 164 valence electrons. The molecule has 0 saturated heterocycles. The van der Waals surface area contributed by atoms with Crippen molar-refractivity contribution in [3.63, 3.8) is 0 Å². The summed E-state index contributed by atoms with van der Waals surface area (Å²) in [5.41, 5.74) is 6.59. The van der Waals surface area contributed by atoms with Gasteiger partial charge in [-0.25, -0.2) is 4.79 Å². The number of primary amides is 1. The highest BCUT2D eigenvalue weighted by molar-refractivity contribution is 7.17. The van der Waals surface area contributed by atoms with E-state index in [9.17, 15) is 14.7 Å². The second-order valence-corrected chi connectivity index (χ2v) is 9.43. The molecule has 7 nitrogen and oxygen atoms in total. The van der Waals surface area contributed by atoms with Crippen molar-refractivity contribution in [2.75, 3.05) is 24.2 Å². The number of nitrogens with zero attached hydrogens (tertiary/aromatic N) is 1. The smallest absolute Gasteiger partial charge is 0.324 e. The minimum atomic E-state index is -0.844. The number of nitrogens with one attached hydrogen (secondary N) is 2. The van der Waals surface area contributed by atoms with Gasteiger partial charge in [-0.3, -0.25) is 15.0 Å². The zero-order chi connectivity index (χ0) is 22.5. The Morgan fingerprint density at radius 3 is 2.40 bits per heavy atom. The van der Waals surface area contributed by atoms with Crippen LogP contribution in [0.5, 0.6) is 0 Å². The Balaban J connectivity index is 2.27. The van der Waals surface area contributed by atoms with Crippen LogP contribution in [0.15, 0.2) is 24.3 Å². The van der Waals surface area contributed by atoms with Crippen LogP contribution in [0.3, 0.4) is 0 Å². The number of hydrogen-bond donors (Lipinski definition) is 4. The Morgan fingerprint density at radius 2 is 1.87 bits per heavy atom. The van der Waals surface area contributed by atoms with Gasteiger partial charge in [0.05, 0.1) is 11.2 Å². The van der Waals surface area contributed by atoms with Crippen LogP contribution in [0.1, 0.15) is 48.0 Å². The van der Waals surface area contributed by atoms with Gasteiger partial charge in [0.25, 0.3) is 5.91 Å². The second kappa shape index (κ2) is 10.3. The van der Waals surface area contributed by atoms with Crippen LogP contribution in [-0.4, -0.2) is 41.1 Å². The van der Waals surface area contributed by atoms with Gasteiger partial charge in [0, 0.05) is 28.7 Å². The SMILES string of the molecule is CCCc1c(CN(C)CC(C)(C)O)sc(NC(=O)Nc2ccc(Cl)cc2)c1C(N)=O. The van der Waals surface area contributed by atoms with Crippen LogP contribution < -0.4 is 16.4 Å². The molecule has 0 atom stereocenters. The predicted molar refractivity (Wildman–Crippen MR) is 124 cm³/mol. The number of amides is 3. The molecule has 0 spiro atoms. The van der Waals surface area contributed by atoms with Gasteiger partial charge in [0.2, 0.25) is 0 Å². The summed E-state index contributed by atoms with van der Waals surface area (Å²) in [5.74, 6) is -0.576. The standard InChI is InChI=1S/C21H29ClN4O3S/c1-5-6-15-16(11-26(4)12-21(2,3)29)30-19(17(15)18(23)27)25-20(28)24-14-9-7-13(22)8-10-14/h7-10,29H,5-6,11-12H2,1-4H3,(H2,23,27)(H2,24,25,28).